The molecule has 1 aromatic carbocycles. The van der Waals surface area contributed by atoms with Crippen LogP contribution in [-0.2, 0) is 6.42 Å². The van der Waals surface area contributed by atoms with Gasteiger partial charge >= 0.3 is 0 Å². The Morgan fingerprint density at radius 1 is 1.11 bits per heavy atom. The predicted molar refractivity (Wildman–Crippen MR) is 84.7 cm³/mol. The number of nitrogens with two attached hydrogens (primary N) is 1. The van der Waals surface area contributed by atoms with E-state index in [1.165, 1.54) is 22.3 Å². The number of likely N-dealkylation sites (N-methyl/N-ethyl adjacent to an activating group) is 1. The Balaban J connectivity index is 2.50. The van der Waals surface area contributed by atoms with Crippen LogP contribution >= 0.6 is 0 Å². The molecule has 0 fully saturated rings. The van der Waals surface area contributed by atoms with Gasteiger partial charge in [0.25, 0.3) is 0 Å². The second-order valence-electron chi connectivity index (χ2n) is 6.06. The Labute approximate surface area is 119 Å². The lowest BCUT2D eigenvalue weighted by Crippen LogP contribution is -2.27. The van der Waals surface area contributed by atoms with Gasteiger partial charge in [0, 0.05) is 13.1 Å². The molecule has 1 atom stereocenters. The first-order valence-corrected chi connectivity index (χ1v) is 7.39. The molecule has 0 radical (unpaired) electrons. The molecule has 108 valence electrons. The lowest BCUT2D eigenvalue weighted by molar-refractivity contribution is 0.283. The molecule has 2 heteroatoms. The van der Waals surface area contributed by atoms with Crippen molar-refractivity contribution in [3.8, 4) is 0 Å². The molecule has 2 nitrogen and oxygen atoms in total. The van der Waals surface area contributed by atoms with Crippen molar-refractivity contribution < 1.29 is 0 Å². The highest BCUT2D eigenvalue weighted by atomic mass is 15.1. The molecule has 2 N–H and O–H groups in total. The van der Waals surface area contributed by atoms with Crippen molar-refractivity contribution in [2.75, 3.05) is 26.7 Å². The van der Waals surface area contributed by atoms with E-state index in [-0.39, 0.29) is 0 Å². The molecule has 0 saturated heterocycles. The van der Waals surface area contributed by atoms with Crippen molar-refractivity contribution in [1.82, 2.24) is 4.90 Å². The van der Waals surface area contributed by atoms with Gasteiger partial charge in [0.1, 0.15) is 0 Å². The molecular formula is C17H30N2. The van der Waals surface area contributed by atoms with Crippen molar-refractivity contribution in [3.63, 3.8) is 0 Å². The molecule has 0 aliphatic rings. The van der Waals surface area contributed by atoms with Gasteiger partial charge in [-0.2, -0.15) is 0 Å². The van der Waals surface area contributed by atoms with Gasteiger partial charge in [-0.15, -0.1) is 0 Å². The first-order chi connectivity index (χ1) is 8.93. The first kappa shape index (κ1) is 16.2. The van der Waals surface area contributed by atoms with Crippen LogP contribution < -0.4 is 5.73 Å². The van der Waals surface area contributed by atoms with E-state index in [0.29, 0.717) is 5.92 Å². The summed E-state index contributed by atoms with van der Waals surface area (Å²) in [7, 11) is 2.21. The molecule has 0 heterocycles. The topological polar surface area (TPSA) is 29.3 Å². The van der Waals surface area contributed by atoms with Gasteiger partial charge in [-0.1, -0.05) is 19.1 Å². The Hall–Kier alpha value is -0.860. The van der Waals surface area contributed by atoms with E-state index >= 15 is 0 Å². The SMILES string of the molecule is Cc1cc(C)c(CCN(C)CC(C)CCN)cc1C. The van der Waals surface area contributed by atoms with E-state index < -0.39 is 0 Å². The number of hydrogen-bond acceptors (Lipinski definition) is 2. The third-order valence-corrected chi connectivity index (χ3v) is 4.00. The molecule has 0 aromatic heterocycles. The quantitative estimate of drug-likeness (QED) is 0.818. The van der Waals surface area contributed by atoms with Gasteiger partial charge in [0.2, 0.25) is 0 Å². The zero-order valence-corrected chi connectivity index (χ0v) is 13.3. The minimum Gasteiger partial charge on any atom is -0.330 e. The van der Waals surface area contributed by atoms with E-state index in [9.17, 15) is 0 Å². The molecule has 1 rings (SSSR count). The van der Waals surface area contributed by atoms with Crippen molar-refractivity contribution in [2.45, 2.75) is 40.5 Å². The average molecular weight is 262 g/mol. The predicted octanol–water partition coefficient (Wildman–Crippen LogP) is 3.07. The number of rotatable bonds is 7. The summed E-state index contributed by atoms with van der Waals surface area (Å²) >= 11 is 0. The van der Waals surface area contributed by atoms with Crippen LogP contribution in [0.25, 0.3) is 0 Å². The van der Waals surface area contributed by atoms with Crippen molar-refractivity contribution in [1.29, 1.82) is 0 Å². The third kappa shape index (κ3) is 5.33. The zero-order valence-electron chi connectivity index (χ0n) is 13.3. The minimum absolute atomic E-state index is 0.691. The van der Waals surface area contributed by atoms with Crippen LogP contribution in [-0.4, -0.2) is 31.6 Å². The molecule has 0 aliphatic heterocycles. The Morgan fingerprint density at radius 2 is 1.74 bits per heavy atom. The standard InChI is InChI=1S/C17H30N2/c1-13(6-8-18)12-19(5)9-7-17-11-15(3)14(2)10-16(17)4/h10-11,13H,6-9,12,18H2,1-5H3. The van der Waals surface area contributed by atoms with Crippen LogP contribution in [0.5, 0.6) is 0 Å². The third-order valence-electron chi connectivity index (χ3n) is 4.00. The number of aryl methyl sites for hydroxylation is 3. The summed E-state index contributed by atoms with van der Waals surface area (Å²) in [5.74, 6) is 0.691. The summed E-state index contributed by atoms with van der Waals surface area (Å²) in [5.41, 5.74) is 11.3. The monoisotopic (exact) mass is 262 g/mol. The molecule has 1 unspecified atom stereocenters. The lowest BCUT2D eigenvalue weighted by atomic mass is 9.98. The molecular weight excluding hydrogens is 232 g/mol. The Kier molecular flexibility index (Phi) is 6.53. The Bertz CT molecular complexity index is 398. The van der Waals surface area contributed by atoms with E-state index in [1.54, 1.807) is 0 Å². The van der Waals surface area contributed by atoms with E-state index in [0.717, 1.165) is 32.5 Å². The summed E-state index contributed by atoms with van der Waals surface area (Å²) in [5, 5.41) is 0. The number of nitrogens with zero attached hydrogens (tertiary/aromatic N) is 1. The maximum absolute atomic E-state index is 5.60. The largest absolute Gasteiger partial charge is 0.330 e. The van der Waals surface area contributed by atoms with Crippen molar-refractivity contribution in [2.24, 2.45) is 11.7 Å². The van der Waals surface area contributed by atoms with Crippen LogP contribution in [0, 0.1) is 26.7 Å². The van der Waals surface area contributed by atoms with Gasteiger partial charge in [-0.3, -0.25) is 0 Å². The van der Waals surface area contributed by atoms with Gasteiger partial charge in [-0.05, 0) is 75.4 Å². The highest BCUT2D eigenvalue weighted by Gasteiger charge is 2.07. The maximum atomic E-state index is 5.60. The van der Waals surface area contributed by atoms with Crippen molar-refractivity contribution >= 4 is 0 Å². The van der Waals surface area contributed by atoms with Crippen LogP contribution in [0.2, 0.25) is 0 Å². The average Bonchev–Trinajstić information content (AvgIpc) is 2.32. The van der Waals surface area contributed by atoms with Crippen LogP contribution in [0.4, 0.5) is 0 Å². The summed E-state index contributed by atoms with van der Waals surface area (Å²) in [4.78, 5) is 2.43. The zero-order chi connectivity index (χ0) is 14.4. The molecule has 0 bridgehead atoms. The molecule has 0 amide bonds. The molecule has 0 saturated carbocycles. The number of hydrogen-bond donors (Lipinski definition) is 1. The molecule has 19 heavy (non-hydrogen) atoms. The summed E-state index contributed by atoms with van der Waals surface area (Å²) in [6.45, 7) is 12.0. The highest BCUT2D eigenvalue weighted by molar-refractivity contribution is 5.36. The summed E-state index contributed by atoms with van der Waals surface area (Å²) < 4.78 is 0. The van der Waals surface area contributed by atoms with E-state index in [1.807, 2.05) is 0 Å². The van der Waals surface area contributed by atoms with Gasteiger partial charge in [-0.25, -0.2) is 0 Å². The van der Waals surface area contributed by atoms with Crippen molar-refractivity contribution in [3.05, 3.63) is 34.4 Å². The first-order valence-electron chi connectivity index (χ1n) is 7.39. The molecule has 0 spiro atoms. The van der Waals surface area contributed by atoms with E-state index in [2.05, 4.69) is 51.8 Å². The van der Waals surface area contributed by atoms with E-state index in [4.69, 9.17) is 5.73 Å². The fourth-order valence-electron chi connectivity index (χ4n) is 2.60. The summed E-state index contributed by atoms with van der Waals surface area (Å²) in [6, 6.07) is 4.66. The smallest absolute Gasteiger partial charge is 0.00190 e. The Morgan fingerprint density at radius 3 is 2.37 bits per heavy atom. The van der Waals surface area contributed by atoms with Crippen LogP contribution in [0.15, 0.2) is 12.1 Å². The second-order valence-corrected chi connectivity index (χ2v) is 6.06. The fraction of sp³-hybridized carbons (Fsp3) is 0.647. The highest BCUT2D eigenvalue weighted by Crippen LogP contribution is 2.16. The van der Waals surface area contributed by atoms with Gasteiger partial charge in [0.05, 0.1) is 0 Å². The number of benzene rings is 1. The second kappa shape index (κ2) is 7.66. The van der Waals surface area contributed by atoms with Crippen LogP contribution in [0.1, 0.15) is 35.6 Å². The minimum atomic E-state index is 0.691. The van der Waals surface area contributed by atoms with Gasteiger partial charge < -0.3 is 10.6 Å². The normalized spacial score (nSPS) is 13.0. The lowest BCUT2D eigenvalue weighted by Gasteiger charge is -2.21. The summed E-state index contributed by atoms with van der Waals surface area (Å²) in [6.07, 6.45) is 2.26. The molecule has 1 aromatic rings. The maximum Gasteiger partial charge on any atom is 0.00190 e. The fourth-order valence-corrected chi connectivity index (χ4v) is 2.60. The molecule has 0 aliphatic carbocycles. The van der Waals surface area contributed by atoms with Crippen LogP contribution in [0.3, 0.4) is 0 Å². The van der Waals surface area contributed by atoms with Gasteiger partial charge in [0.15, 0.2) is 0 Å².